The number of morpholine rings is 1. The van der Waals surface area contributed by atoms with E-state index >= 15 is 0 Å². The molecular weight excluding hydrogens is 380 g/mol. The first-order chi connectivity index (χ1) is 13.5. The lowest BCUT2D eigenvalue weighted by molar-refractivity contribution is -0.120. The molecule has 0 radical (unpaired) electrons. The SMILES string of the molecule is CCOc1ccc(NC(=O)[C@H]2C[C@H]3C=C[C@H]2C3)cc1S(=O)(=O)N1CCOCC1. The van der Waals surface area contributed by atoms with E-state index in [1.165, 1.54) is 10.4 Å². The van der Waals surface area contributed by atoms with Crippen molar-refractivity contribution in [1.29, 1.82) is 0 Å². The maximum Gasteiger partial charge on any atom is 0.246 e. The van der Waals surface area contributed by atoms with Crippen LogP contribution in [0.1, 0.15) is 19.8 Å². The first kappa shape index (κ1) is 19.4. The van der Waals surface area contributed by atoms with Crippen LogP contribution >= 0.6 is 0 Å². The smallest absolute Gasteiger partial charge is 0.246 e. The molecule has 3 aliphatic rings. The predicted molar refractivity (Wildman–Crippen MR) is 105 cm³/mol. The highest BCUT2D eigenvalue weighted by Gasteiger charge is 2.40. The van der Waals surface area contributed by atoms with Gasteiger partial charge in [0.2, 0.25) is 15.9 Å². The van der Waals surface area contributed by atoms with Crippen LogP contribution in [0.5, 0.6) is 5.75 Å². The second-order valence-corrected chi connectivity index (χ2v) is 9.39. The Morgan fingerprint density at radius 2 is 2.04 bits per heavy atom. The van der Waals surface area contributed by atoms with Crippen molar-refractivity contribution >= 4 is 21.6 Å². The van der Waals surface area contributed by atoms with Gasteiger partial charge in [0.05, 0.1) is 19.8 Å². The number of allylic oxidation sites excluding steroid dienone is 2. The van der Waals surface area contributed by atoms with Gasteiger partial charge in [-0.25, -0.2) is 8.42 Å². The van der Waals surface area contributed by atoms with Crippen LogP contribution in [0, 0.1) is 17.8 Å². The quantitative estimate of drug-likeness (QED) is 0.733. The van der Waals surface area contributed by atoms with Crippen LogP contribution in [0.3, 0.4) is 0 Å². The molecule has 2 aliphatic carbocycles. The molecular formula is C20H26N2O5S. The minimum absolute atomic E-state index is 0.0409. The summed E-state index contributed by atoms with van der Waals surface area (Å²) in [4.78, 5) is 12.8. The maximum absolute atomic E-state index is 13.1. The molecule has 152 valence electrons. The van der Waals surface area contributed by atoms with Crippen molar-refractivity contribution in [2.45, 2.75) is 24.7 Å². The number of carbonyl (C=O) groups excluding carboxylic acids is 1. The third kappa shape index (κ3) is 3.68. The maximum atomic E-state index is 13.1. The Balaban J connectivity index is 1.58. The lowest BCUT2D eigenvalue weighted by Gasteiger charge is -2.27. The Labute approximate surface area is 165 Å². The van der Waals surface area contributed by atoms with E-state index in [2.05, 4.69) is 17.5 Å². The van der Waals surface area contributed by atoms with Crippen molar-refractivity contribution in [3.8, 4) is 5.75 Å². The molecule has 4 rings (SSSR count). The van der Waals surface area contributed by atoms with E-state index < -0.39 is 10.0 Å². The summed E-state index contributed by atoms with van der Waals surface area (Å²) < 4.78 is 38.5. The molecule has 2 bridgehead atoms. The molecule has 0 aromatic heterocycles. The highest BCUT2D eigenvalue weighted by atomic mass is 32.2. The highest BCUT2D eigenvalue weighted by molar-refractivity contribution is 7.89. The summed E-state index contributed by atoms with van der Waals surface area (Å²) in [5.74, 6) is 1.01. The Morgan fingerprint density at radius 3 is 2.68 bits per heavy atom. The fourth-order valence-electron chi connectivity index (χ4n) is 4.31. The molecule has 8 heteroatoms. The van der Waals surface area contributed by atoms with Crippen LogP contribution < -0.4 is 10.1 Å². The number of nitrogens with one attached hydrogen (secondary N) is 1. The molecule has 3 atom stereocenters. The fraction of sp³-hybridized carbons (Fsp3) is 0.550. The number of ether oxygens (including phenoxy) is 2. The number of hydrogen-bond donors (Lipinski definition) is 1. The first-order valence-electron chi connectivity index (χ1n) is 9.83. The summed E-state index contributed by atoms with van der Waals surface area (Å²) in [5.41, 5.74) is 0.479. The molecule has 0 spiro atoms. The number of amides is 1. The molecule has 1 aromatic carbocycles. The lowest BCUT2D eigenvalue weighted by atomic mass is 9.93. The molecule has 1 saturated carbocycles. The third-order valence-electron chi connectivity index (χ3n) is 5.71. The Morgan fingerprint density at radius 1 is 1.25 bits per heavy atom. The second kappa shape index (κ2) is 7.85. The minimum Gasteiger partial charge on any atom is -0.492 e. The Bertz CT molecular complexity index is 877. The normalized spacial score (nSPS) is 27.1. The van der Waals surface area contributed by atoms with E-state index in [9.17, 15) is 13.2 Å². The summed E-state index contributed by atoms with van der Waals surface area (Å²) in [6, 6.07) is 4.83. The number of benzene rings is 1. The zero-order chi connectivity index (χ0) is 19.7. The third-order valence-corrected chi connectivity index (χ3v) is 7.63. The molecule has 1 saturated heterocycles. The van der Waals surface area contributed by atoms with Crippen LogP contribution in [0.4, 0.5) is 5.69 Å². The van der Waals surface area contributed by atoms with Crippen LogP contribution in [0.15, 0.2) is 35.2 Å². The van der Waals surface area contributed by atoms with Gasteiger partial charge in [-0.05, 0) is 49.8 Å². The van der Waals surface area contributed by atoms with Crippen molar-refractivity contribution < 1.29 is 22.7 Å². The van der Waals surface area contributed by atoms with Gasteiger partial charge in [0, 0.05) is 24.7 Å². The summed E-state index contributed by atoms with van der Waals surface area (Å²) in [5, 5.41) is 2.92. The average molecular weight is 407 g/mol. The monoisotopic (exact) mass is 406 g/mol. The fourth-order valence-corrected chi connectivity index (χ4v) is 5.87. The topological polar surface area (TPSA) is 84.9 Å². The number of fused-ring (bicyclic) bond motifs is 2. The summed E-state index contributed by atoms with van der Waals surface area (Å²) >= 11 is 0. The molecule has 1 aliphatic heterocycles. The van der Waals surface area contributed by atoms with E-state index in [-0.39, 0.29) is 16.7 Å². The van der Waals surface area contributed by atoms with E-state index in [0.29, 0.717) is 56.2 Å². The molecule has 1 N–H and O–H groups in total. The molecule has 1 aromatic rings. The molecule has 0 unspecified atom stereocenters. The zero-order valence-electron chi connectivity index (χ0n) is 16.0. The van der Waals surface area contributed by atoms with Gasteiger partial charge in [0.15, 0.2) is 0 Å². The van der Waals surface area contributed by atoms with Gasteiger partial charge in [-0.2, -0.15) is 4.31 Å². The van der Waals surface area contributed by atoms with Crippen LogP contribution in [-0.2, 0) is 19.6 Å². The minimum atomic E-state index is -3.73. The number of hydrogen-bond acceptors (Lipinski definition) is 5. The number of rotatable bonds is 6. The molecule has 7 nitrogen and oxygen atoms in total. The van der Waals surface area contributed by atoms with Gasteiger partial charge < -0.3 is 14.8 Å². The molecule has 1 amide bonds. The molecule has 1 heterocycles. The van der Waals surface area contributed by atoms with Crippen molar-refractivity contribution in [3.05, 3.63) is 30.4 Å². The Kier molecular flexibility index (Phi) is 5.44. The van der Waals surface area contributed by atoms with E-state index in [4.69, 9.17) is 9.47 Å². The van der Waals surface area contributed by atoms with E-state index in [1.807, 2.05) is 6.92 Å². The lowest BCUT2D eigenvalue weighted by Crippen LogP contribution is -2.40. The molecule has 28 heavy (non-hydrogen) atoms. The average Bonchev–Trinajstić information content (AvgIpc) is 3.33. The van der Waals surface area contributed by atoms with Gasteiger partial charge in [-0.3, -0.25) is 4.79 Å². The highest BCUT2D eigenvalue weighted by Crippen LogP contribution is 2.44. The van der Waals surface area contributed by atoms with Gasteiger partial charge in [0.25, 0.3) is 0 Å². The first-order valence-corrected chi connectivity index (χ1v) is 11.3. The van der Waals surface area contributed by atoms with Crippen molar-refractivity contribution in [2.24, 2.45) is 17.8 Å². The summed E-state index contributed by atoms with van der Waals surface area (Å²) in [6.45, 7) is 3.52. The number of carbonyl (C=O) groups is 1. The van der Waals surface area contributed by atoms with Crippen LogP contribution in [-0.4, -0.2) is 51.5 Å². The van der Waals surface area contributed by atoms with Gasteiger partial charge in [0.1, 0.15) is 10.6 Å². The van der Waals surface area contributed by atoms with E-state index in [1.54, 1.807) is 12.1 Å². The van der Waals surface area contributed by atoms with Gasteiger partial charge >= 0.3 is 0 Å². The van der Waals surface area contributed by atoms with Crippen LogP contribution in [0.25, 0.3) is 0 Å². The zero-order valence-corrected chi connectivity index (χ0v) is 16.8. The van der Waals surface area contributed by atoms with E-state index in [0.717, 1.165) is 12.8 Å². The van der Waals surface area contributed by atoms with Crippen molar-refractivity contribution in [3.63, 3.8) is 0 Å². The van der Waals surface area contributed by atoms with Gasteiger partial charge in [-0.15, -0.1) is 0 Å². The number of sulfonamides is 1. The Hall–Kier alpha value is -1.90. The summed E-state index contributed by atoms with van der Waals surface area (Å²) in [6.07, 6.45) is 6.23. The number of anilines is 1. The second-order valence-electron chi connectivity index (χ2n) is 7.49. The predicted octanol–water partition coefficient (Wildman–Crippen LogP) is 2.26. The summed E-state index contributed by atoms with van der Waals surface area (Å²) in [7, 11) is -3.73. The van der Waals surface area contributed by atoms with Crippen molar-refractivity contribution in [2.75, 3.05) is 38.2 Å². The molecule has 2 fully saturated rings. The van der Waals surface area contributed by atoms with Crippen molar-refractivity contribution in [1.82, 2.24) is 4.31 Å². The number of nitrogens with zero attached hydrogens (tertiary/aromatic N) is 1. The largest absolute Gasteiger partial charge is 0.492 e. The van der Waals surface area contributed by atoms with Crippen LogP contribution in [0.2, 0.25) is 0 Å². The van der Waals surface area contributed by atoms with Gasteiger partial charge in [-0.1, -0.05) is 12.2 Å². The standard InChI is InChI=1S/C20H26N2O5S/c1-2-27-18-6-5-16(21-20(23)17-12-14-3-4-15(17)11-14)13-19(18)28(24,25)22-7-9-26-10-8-22/h3-6,13-15,17H,2,7-12H2,1H3,(H,21,23)/t14-,15-,17-/m0/s1.